The van der Waals surface area contributed by atoms with Crippen LogP contribution in [0.2, 0.25) is 0 Å². The van der Waals surface area contributed by atoms with E-state index in [0.717, 1.165) is 50.3 Å². The summed E-state index contributed by atoms with van der Waals surface area (Å²) in [6.45, 7) is 2.15. The normalized spacial score (nSPS) is 43.1. The first-order valence-corrected chi connectivity index (χ1v) is 10.2. The van der Waals surface area contributed by atoms with Gasteiger partial charge in [0.1, 0.15) is 6.10 Å². The molecule has 6 rings (SSSR count). The smallest absolute Gasteiger partial charge is 0.165 e. The number of piperidine rings is 1. The number of aliphatic hydroxyl groups is 1. The van der Waals surface area contributed by atoms with Crippen molar-refractivity contribution in [1.29, 1.82) is 0 Å². The van der Waals surface area contributed by atoms with Crippen molar-refractivity contribution in [1.82, 2.24) is 10.2 Å². The van der Waals surface area contributed by atoms with Crippen LogP contribution in [-0.4, -0.2) is 59.0 Å². The van der Waals surface area contributed by atoms with Crippen LogP contribution in [0.4, 0.5) is 0 Å². The number of phenolic OH excluding ortho intramolecular Hbond substituents is 1. The number of aromatic hydroxyl groups is 1. The van der Waals surface area contributed by atoms with Crippen LogP contribution >= 0.6 is 0 Å². The predicted molar refractivity (Wildman–Crippen MR) is 97.6 cm³/mol. The molecule has 2 unspecified atom stereocenters. The third-order valence-electron chi connectivity index (χ3n) is 8.13. The average molecular weight is 356 g/mol. The second-order valence-electron chi connectivity index (χ2n) is 9.22. The summed E-state index contributed by atoms with van der Waals surface area (Å²) in [5.74, 6) is 1.69. The molecule has 1 aromatic carbocycles. The maximum absolute atomic E-state index is 12.2. The third-order valence-corrected chi connectivity index (χ3v) is 8.13. The van der Waals surface area contributed by atoms with Crippen LogP contribution in [0.3, 0.4) is 0 Å². The molecule has 0 amide bonds. The van der Waals surface area contributed by atoms with E-state index in [1.54, 1.807) is 6.07 Å². The van der Waals surface area contributed by atoms with E-state index in [-0.39, 0.29) is 29.4 Å². The number of likely N-dealkylation sites (tertiary alicyclic amines) is 1. The van der Waals surface area contributed by atoms with Gasteiger partial charge in [-0.2, -0.15) is 0 Å². The van der Waals surface area contributed by atoms with Crippen LogP contribution in [0.25, 0.3) is 0 Å². The number of likely N-dealkylation sites (N-methyl/N-ethyl adjacent to an activating group) is 1. The van der Waals surface area contributed by atoms with Crippen LogP contribution in [-0.2, 0) is 11.8 Å². The fraction of sp³-hybridized carbons (Fsp3) is 0.714. The van der Waals surface area contributed by atoms with Gasteiger partial charge >= 0.3 is 0 Å². The van der Waals surface area contributed by atoms with Gasteiger partial charge in [-0.25, -0.2) is 0 Å². The standard InChI is InChI=1S/C21H28N2O3/c1-22-14-6-7-21(25)16-10-13-4-5-15(24)18-17(13)20(21,19(14)26-18)8-9-23(16)11-12-2-3-12/h4-5,12,14,16,19,22,24-25H,2-3,6-11H2,1H3/t14?,16-,19+,20?,21-/m1/s1. The van der Waals surface area contributed by atoms with E-state index in [1.807, 2.05) is 7.05 Å². The number of hydrogen-bond donors (Lipinski definition) is 3. The topological polar surface area (TPSA) is 65.0 Å². The van der Waals surface area contributed by atoms with Crippen molar-refractivity contribution in [3.8, 4) is 11.5 Å². The zero-order chi connectivity index (χ0) is 17.7. The van der Waals surface area contributed by atoms with E-state index in [1.165, 1.54) is 18.4 Å². The summed E-state index contributed by atoms with van der Waals surface area (Å²) in [5.41, 5.74) is 1.25. The van der Waals surface area contributed by atoms with Crippen LogP contribution < -0.4 is 10.1 Å². The first-order valence-electron chi connectivity index (χ1n) is 10.2. The molecule has 2 bridgehead atoms. The lowest BCUT2D eigenvalue weighted by molar-refractivity contribution is -0.191. The Kier molecular flexibility index (Phi) is 2.99. The molecule has 3 fully saturated rings. The summed E-state index contributed by atoms with van der Waals surface area (Å²) < 4.78 is 6.42. The molecule has 1 aromatic rings. The fourth-order valence-electron chi connectivity index (χ4n) is 6.78. The molecule has 5 nitrogen and oxygen atoms in total. The average Bonchev–Trinajstić information content (AvgIpc) is 3.37. The highest BCUT2D eigenvalue weighted by Gasteiger charge is 2.72. The molecule has 5 heteroatoms. The summed E-state index contributed by atoms with van der Waals surface area (Å²) in [7, 11) is 1.99. The Morgan fingerprint density at radius 3 is 2.88 bits per heavy atom. The number of phenols is 1. The van der Waals surface area contributed by atoms with E-state index in [9.17, 15) is 10.2 Å². The maximum atomic E-state index is 12.2. The van der Waals surface area contributed by atoms with Gasteiger partial charge < -0.3 is 20.3 Å². The molecule has 3 N–H and O–H groups in total. The zero-order valence-corrected chi connectivity index (χ0v) is 15.4. The van der Waals surface area contributed by atoms with Crippen molar-refractivity contribution >= 4 is 0 Å². The number of nitrogens with zero attached hydrogens (tertiary/aromatic N) is 1. The van der Waals surface area contributed by atoms with Gasteiger partial charge in [0.05, 0.1) is 11.0 Å². The van der Waals surface area contributed by atoms with Crippen LogP contribution in [0.1, 0.15) is 43.2 Å². The molecule has 5 atom stereocenters. The van der Waals surface area contributed by atoms with Gasteiger partial charge in [-0.1, -0.05) is 6.07 Å². The lowest BCUT2D eigenvalue weighted by atomic mass is 9.48. The minimum absolute atomic E-state index is 0.0980. The molecule has 140 valence electrons. The molecule has 5 aliphatic rings. The summed E-state index contributed by atoms with van der Waals surface area (Å²) in [5, 5.41) is 26.1. The summed E-state index contributed by atoms with van der Waals surface area (Å²) in [4.78, 5) is 2.58. The zero-order valence-electron chi connectivity index (χ0n) is 15.4. The fourth-order valence-corrected chi connectivity index (χ4v) is 6.78. The molecule has 0 radical (unpaired) electrons. The third kappa shape index (κ3) is 1.68. The van der Waals surface area contributed by atoms with Gasteiger partial charge in [-0.05, 0) is 69.7 Å². The lowest BCUT2D eigenvalue weighted by Crippen LogP contribution is -2.78. The van der Waals surface area contributed by atoms with Crippen molar-refractivity contribution in [2.24, 2.45) is 5.92 Å². The monoisotopic (exact) mass is 356 g/mol. The summed E-state index contributed by atoms with van der Waals surface area (Å²) >= 11 is 0. The highest BCUT2D eigenvalue weighted by molar-refractivity contribution is 5.62. The second-order valence-corrected chi connectivity index (χ2v) is 9.22. The van der Waals surface area contributed by atoms with Gasteiger partial charge in [-0.15, -0.1) is 0 Å². The second kappa shape index (κ2) is 4.94. The van der Waals surface area contributed by atoms with Crippen molar-refractivity contribution in [3.05, 3.63) is 23.3 Å². The SMILES string of the molecule is CNC1CC[C@@]2(O)[C@H]3Cc4ccc(O)c5c4C2(CCN3CC2CC2)[C@H]1O5. The Morgan fingerprint density at radius 2 is 2.12 bits per heavy atom. The Labute approximate surface area is 154 Å². The van der Waals surface area contributed by atoms with E-state index in [4.69, 9.17) is 4.74 Å². The van der Waals surface area contributed by atoms with Crippen molar-refractivity contribution in [2.45, 2.75) is 67.7 Å². The van der Waals surface area contributed by atoms with E-state index < -0.39 is 5.60 Å². The largest absolute Gasteiger partial charge is 0.504 e. The molecule has 3 aliphatic carbocycles. The van der Waals surface area contributed by atoms with Gasteiger partial charge in [0.2, 0.25) is 0 Å². The van der Waals surface area contributed by atoms with Crippen LogP contribution in [0, 0.1) is 5.92 Å². The summed E-state index contributed by atoms with van der Waals surface area (Å²) in [6, 6.07) is 4.23. The number of hydrogen-bond acceptors (Lipinski definition) is 5. The molecular formula is C21H28N2O3. The van der Waals surface area contributed by atoms with E-state index in [0.29, 0.717) is 5.75 Å². The van der Waals surface area contributed by atoms with Crippen molar-refractivity contribution in [3.63, 3.8) is 0 Å². The molecule has 1 spiro atoms. The Morgan fingerprint density at radius 1 is 1.27 bits per heavy atom. The Hall–Kier alpha value is -1.30. The highest BCUT2D eigenvalue weighted by atomic mass is 16.5. The van der Waals surface area contributed by atoms with Crippen LogP contribution in [0.5, 0.6) is 11.5 Å². The van der Waals surface area contributed by atoms with E-state index >= 15 is 0 Å². The number of rotatable bonds is 3. The maximum Gasteiger partial charge on any atom is 0.165 e. The predicted octanol–water partition coefficient (Wildman–Crippen LogP) is 1.54. The number of ether oxygens (including phenoxy) is 1. The molecule has 2 heterocycles. The minimum Gasteiger partial charge on any atom is -0.504 e. The van der Waals surface area contributed by atoms with Crippen molar-refractivity contribution in [2.75, 3.05) is 20.1 Å². The van der Waals surface area contributed by atoms with Gasteiger partial charge in [-0.3, -0.25) is 4.90 Å². The molecule has 1 saturated heterocycles. The molecule has 2 saturated carbocycles. The minimum atomic E-state index is -0.760. The number of benzene rings is 1. The van der Waals surface area contributed by atoms with Crippen LogP contribution in [0.15, 0.2) is 12.1 Å². The lowest BCUT2D eigenvalue weighted by Gasteiger charge is -2.64. The summed E-state index contributed by atoms with van der Waals surface area (Å²) in [6.07, 6.45) is 6.09. The van der Waals surface area contributed by atoms with Gasteiger partial charge in [0, 0.05) is 24.2 Å². The highest BCUT2D eigenvalue weighted by Crippen LogP contribution is 2.65. The number of nitrogens with one attached hydrogen (secondary N) is 1. The van der Waals surface area contributed by atoms with E-state index in [2.05, 4.69) is 16.3 Å². The Balaban J connectivity index is 1.55. The molecule has 26 heavy (non-hydrogen) atoms. The first-order chi connectivity index (χ1) is 12.6. The van der Waals surface area contributed by atoms with Crippen molar-refractivity contribution < 1.29 is 14.9 Å². The van der Waals surface area contributed by atoms with Gasteiger partial charge in [0.15, 0.2) is 11.5 Å². The quantitative estimate of drug-likeness (QED) is 0.767. The molecule has 2 aliphatic heterocycles. The van der Waals surface area contributed by atoms with Gasteiger partial charge in [0.25, 0.3) is 0 Å². The molecule has 0 aromatic heterocycles. The molecular weight excluding hydrogens is 328 g/mol. The Bertz CT molecular complexity index is 779. The first kappa shape index (κ1) is 15.7.